The second-order valence-electron chi connectivity index (χ2n) is 7.25. The highest BCUT2D eigenvalue weighted by molar-refractivity contribution is 5.99. The lowest BCUT2D eigenvalue weighted by atomic mass is 10.1. The Labute approximate surface area is 180 Å². The van der Waals surface area contributed by atoms with E-state index in [1.54, 1.807) is 65.6 Å². The molecule has 1 aliphatic heterocycles. The number of para-hydroxylation sites is 1. The minimum absolute atomic E-state index is 0.0806. The monoisotopic (exact) mass is 414 g/mol. The van der Waals surface area contributed by atoms with E-state index in [9.17, 15) is 14.4 Å². The molecule has 3 aromatic rings. The van der Waals surface area contributed by atoms with Gasteiger partial charge in [0.2, 0.25) is 12.0 Å². The van der Waals surface area contributed by atoms with Crippen LogP contribution < -0.4 is 10.2 Å². The fourth-order valence-corrected chi connectivity index (χ4v) is 3.50. The predicted molar refractivity (Wildman–Crippen MR) is 118 cm³/mol. The number of anilines is 2. The molecule has 2 amide bonds. The van der Waals surface area contributed by atoms with Crippen molar-refractivity contribution < 1.29 is 19.1 Å². The van der Waals surface area contributed by atoms with Crippen LogP contribution in [-0.2, 0) is 14.3 Å². The molecule has 4 rings (SSSR count). The van der Waals surface area contributed by atoms with Crippen molar-refractivity contribution in [3.63, 3.8) is 0 Å². The van der Waals surface area contributed by atoms with Crippen molar-refractivity contribution in [3.8, 4) is 0 Å². The number of rotatable bonds is 6. The van der Waals surface area contributed by atoms with Gasteiger partial charge in [0.1, 0.15) is 0 Å². The Balaban J connectivity index is 1.51. The summed E-state index contributed by atoms with van der Waals surface area (Å²) in [5.41, 5.74) is 2.25. The van der Waals surface area contributed by atoms with Crippen LogP contribution in [0.2, 0.25) is 0 Å². The van der Waals surface area contributed by atoms with Crippen LogP contribution in [0.1, 0.15) is 34.9 Å². The topological polar surface area (TPSA) is 75.7 Å². The van der Waals surface area contributed by atoms with Gasteiger partial charge >= 0.3 is 5.97 Å². The zero-order valence-electron chi connectivity index (χ0n) is 16.9. The number of ether oxygens (including phenoxy) is 1. The number of nitrogens with zero attached hydrogens (tertiary/aromatic N) is 1. The summed E-state index contributed by atoms with van der Waals surface area (Å²) in [4.78, 5) is 39.3. The van der Waals surface area contributed by atoms with Crippen LogP contribution in [0, 0.1) is 0 Å². The fraction of sp³-hybridized carbons (Fsp3) is 0.160. The highest BCUT2D eigenvalue weighted by Crippen LogP contribution is 2.24. The first-order chi connectivity index (χ1) is 15.1. The molecule has 1 atom stereocenters. The van der Waals surface area contributed by atoms with Crippen molar-refractivity contribution in [1.29, 1.82) is 0 Å². The maximum absolute atomic E-state index is 12.9. The average Bonchev–Trinajstić information content (AvgIpc) is 3.24. The van der Waals surface area contributed by atoms with Crippen molar-refractivity contribution in [2.24, 2.45) is 0 Å². The van der Waals surface area contributed by atoms with Crippen LogP contribution in [0.4, 0.5) is 11.4 Å². The molecule has 31 heavy (non-hydrogen) atoms. The Morgan fingerprint density at radius 3 is 2.13 bits per heavy atom. The maximum atomic E-state index is 12.9. The van der Waals surface area contributed by atoms with Crippen molar-refractivity contribution in [2.45, 2.75) is 18.9 Å². The number of benzene rings is 3. The summed E-state index contributed by atoms with van der Waals surface area (Å²) in [6, 6.07) is 24.6. The lowest BCUT2D eigenvalue weighted by Crippen LogP contribution is -2.26. The van der Waals surface area contributed by atoms with Crippen LogP contribution in [0.5, 0.6) is 0 Å². The summed E-state index contributed by atoms with van der Waals surface area (Å²) in [5.74, 6) is -0.974. The highest BCUT2D eigenvalue weighted by Gasteiger charge is 2.26. The molecular weight excluding hydrogens is 392 g/mol. The molecule has 0 saturated carbocycles. The third-order valence-corrected chi connectivity index (χ3v) is 5.09. The third-order valence-electron chi connectivity index (χ3n) is 5.09. The molecular formula is C25H22N2O4. The van der Waals surface area contributed by atoms with Crippen molar-refractivity contribution >= 4 is 29.2 Å². The molecule has 1 unspecified atom stereocenters. The van der Waals surface area contributed by atoms with Gasteiger partial charge in [0.05, 0.1) is 5.56 Å². The minimum Gasteiger partial charge on any atom is -0.444 e. The van der Waals surface area contributed by atoms with E-state index >= 15 is 0 Å². The Hall–Kier alpha value is -3.93. The Bertz CT molecular complexity index is 1070. The van der Waals surface area contributed by atoms with Gasteiger partial charge in [0, 0.05) is 29.9 Å². The molecule has 1 aliphatic rings. The third kappa shape index (κ3) is 4.80. The molecule has 0 spiro atoms. The van der Waals surface area contributed by atoms with E-state index in [2.05, 4.69) is 5.32 Å². The van der Waals surface area contributed by atoms with Crippen LogP contribution in [-0.4, -0.2) is 24.3 Å². The second kappa shape index (κ2) is 9.26. The minimum atomic E-state index is -1.10. The quantitative estimate of drug-likeness (QED) is 0.609. The van der Waals surface area contributed by atoms with Crippen LogP contribution in [0.25, 0.3) is 0 Å². The van der Waals surface area contributed by atoms with Crippen molar-refractivity contribution in [1.82, 2.24) is 0 Å². The Morgan fingerprint density at radius 2 is 1.52 bits per heavy atom. The first-order valence-corrected chi connectivity index (χ1v) is 10.1. The van der Waals surface area contributed by atoms with Gasteiger partial charge in [-0.05, 0) is 42.8 Å². The largest absolute Gasteiger partial charge is 0.444 e. The average molecular weight is 414 g/mol. The lowest BCUT2D eigenvalue weighted by molar-refractivity contribution is -0.125. The summed E-state index contributed by atoms with van der Waals surface area (Å²) < 4.78 is 5.61. The van der Waals surface area contributed by atoms with Gasteiger partial charge in [-0.25, -0.2) is 4.79 Å². The smallest absolute Gasteiger partial charge is 0.339 e. The molecule has 1 N–H and O–H groups in total. The zero-order chi connectivity index (χ0) is 21.6. The summed E-state index contributed by atoms with van der Waals surface area (Å²) in [6.45, 7) is 0.679. The molecule has 0 aromatic heterocycles. The molecule has 0 aliphatic carbocycles. The van der Waals surface area contributed by atoms with Gasteiger partial charge in [0.25, 0.3) is 5.91 Å². The molecule has 1 heterocycles. The van der Waals surface area contributed by atoms with E-state index in [4.69, 9.17) is 4.74 Å². The Morgan fingerprint density at radius 1 is 0.871 bits per heavy atom. The first kappa shape index (κ1) is 20.3. The number of carbonyl (C=O) groups is 3. The number of hydrogen-bond acceptors (Lipinski definition) is 4. The zero-order valence-corrected chi connectivity index (χ0v) is 16.9. The van der Waals surface area contributed by atoms with E-state index in [1.165, 1.54) is 0 Å². The van der Waals surface area contributed by atoms with Crippen molar-refractivity contribution in [3.05, 3.63) is 96.1 Å². The molecule has 156 valence electrons. The van der Waals surface area contributed by atoms with Crippen LogP contribution in [0.15, 0.2) is 84.9 Å². The highest BCUT2D eigenvalue weighted by atomic mass is 16.5. The molecule has 0 radical (unpaired) electrons. The molecule has 1 fully saturated rings. The molecule has 6 heteroatoms. The maximum Gasteiger partial charge on any atom is 0.339 e. The van der Waals surface area contributed by atoms with Gasteiger partial charge in [-0.15, -0.1) is 0 Å². The summed E-state index contributed by atoms with van der Waals surface area (Å²) in [5, 5.41) is 2.79. The van der Waals surface area contributed by atoms with E-state index in [1.807, 2.05) is 24.3 Å². The first-order valence-electron chi connectivity index (χ1n) is 10.1. The van der Waals surface area contributed by atoms with Gasteiger partial charge in [0.15, 0.2) is 0 Å². The number of hydrogen-bond donors (Lipinski definition) is 1. The number of amides is 2. The van der Waals surface area contributed by atoms with E-state index < -0.39 is 18.0 Å². The normalized spacial score (nSPS) is 14.2. The lowest BCUT2D eigenvalue weighted by Gasteiger charge is -2.19. The summed E-state index contributed by atoms with van der Waals surface area (Å²) in [6.07, 6.45) is 0.269. The van der Waals surface area contributed by atoms with Gasteiger partial charge in [-0.2, -0.15) is 0 Å². The number of nitrogens with one attached hydrogen (secondary N) is 1. The standard InChI is InChI=1S/C25H22N2O4/c28-22-12-7-17-27(22)21-15-13-19(14-16-21)25(30)31-23(18-8-3-1-4-9-18)24(29)26-20-10-5-2-6-11-20/h1-6,8-11,13-16,23H,7,12,17H2,(H,26,29). The predicted octanol–water partition coefficient (Wildman–Crippen LogP) is 4.35. The molecule has 0 bridgehead atoms. The number of esters is 1. The number of carbonyl (C=O) groups excluding carboxylic acids is 3. The summed E-state index contributed by atoms with van der Waals surface area (Å²) in [7, 11) is 0. The van der Waals surface area contributed by atoms with Gasteiger partial charge in [-0.3, -0.25) is 9.59 Å². The van der Waals surface area contributed by atoms with Crippen molar-refractivity contribution in [2.75, 3.05) is 16.8 Å². The SMILES string of the molecule is O=C(OC(C(=O)Nc1ccccc1)c1ccccc1)c1ccc(N2CCCC2=O)cc1. The van der Waals surface area contributed by atoms with E-state index in [-0.39, 0.29) is 5.91 Å². The van der Waals surface area contributed by atoms with Gasteiger partial charge < -0.3 is 15.0 Å². The molecule has 3 aromatic carbocycles. The van der Waals surface area contributed by atoms with Crippen LogP contribution >= 0.6 is 0 Å². The Kier molecular flexibility index (Phi) is 6.08. The molecule has 6 nitrogen and oxygen atoms in total. The molecule has 1 saturated heterocycles. The van der Waals surface area contributed by atoms with E-state index in [0.29, 0.717) is 29.8 Å². The second-order valence-corrected chi connectivity index (χ2v) is 7.25. The van der Waals surface area contributed by atoms with Crippen LogP contribution in [0.3, 0.4) is 0 Å². The fourth-order valence-electron chi connectivity index (χ4n) is 3.50. The van der Waals surface area contributed by atoms with E-state index in [0.717, 1.165) is 12.1 Å². The summed E-state index contributed by atoms with van der Waals surface area (Å²) >= 11 is 0. The van der Waals surface area contributed by atoms with Gasteiger partial charge in [-0.1, -0.05) is 48.5 Å².